The van der Waals surface area contributed by atoms with Crippen molar-refractivity contribution in [3.8, 4) is 39.8 Å². The van der Waals surface area contributed by atoms with Crippen LogP contribution in [0.15, 0.2) is 67.0 Å². The summed E-state index contributed by atoms with van der Waals surface area (Å²) in [6.45, 7) is 2.83. The van der Waals surface area contributed by atoms with Crippen molar-refractivity contribution in [1.82, 2.24) is 25.5 Å². The summed E-state index contributed by atoms with van der Waals surface area (Å²) in [5.41, 5.74) is 3.27. The number of carbonyl (C=O) groups excluding carboxylic acids is 1. The maximum Gasteiger partial charge on any atom is 0.412 e. The molecule has 0 aliphatic rings. The molecule has 36 heavy (non-hydrogen) atoms. The summed E-state index contributed by atoms with van der Waals surface area (Å²) >= 11 is 0. The highest BCUT2D eigenvalue weighted by molar-refractivity contribution is 5.76. The number of hydrogen-bond donors (Lipinski definition) is 1. The number of carbonyl (C=O) groups is 1. The van der Waals surface area contributed by atoms with E-state index in [2.05, 4.69) is 20.8 Å². The van der Waals surface area contributed by atoms with Crippen LogP contribution in [0.3, 0.4) is 0 Å². The van der Waals surface area contributed by atoms with Gasteiger partial charge in [-0.1, -0.05) is 24.3 Å². The fraction of sp³-hybridized carbons (Fsp3) is 0.231. The number of hydrogen-bond acceptors (Lipinski definition) is 8. The van der Waals surface area contributed by atoms with E-state index in [1.54, 1.807) is 26.4 Å². The molecule has 1 amide bonds. The van der Waals surface area contributed by atoms with Crippen molar-refractivity contribution in [3.63, 3.8) is 0 Å². The second kappa shape index (κ2) is 11.7. The maximum absolute atomic E-state index is 12.6. The Hall–Kier alpha value is -4.60. The number of rotatable bonds is 10. The molecule has 1 N–H and O–H groups in total. The minimum atomic E-state index is -0.576. The molecule has 4 rings (SSSR count). The first-order chi connectivity index (χ1) is 17.6. The third kappa shape index (κ3) is 5.90. The van der Waals surface area contributed by atoms with E-state index in [4.69, 9.17) is 18.9 Å². The molecule has 0 saturated carbocycles. The molecule has 186 valence electrons. The SMILES string of the molecule is CCOc1ccccc1-c1cc(OC(=O)NCCc2ccc(OC)c(OC)c2)cc(-n2cnnn2)c1. The van der Waals surface area contributed by atoms with Crippen LogP contribution in [0.2, 0.25) is 0 Å². The minimum absolute atomic E-state index is 0.341. The Morgan fingerprint density at radius 2 is 1.81 bits per heavy atom. The van der Waals surface area contributed by atoms with E-state index >= 15 is 0 Å². The van der Waals surface area contributed by atoms with E-state index in [9.17, 15) is 4.79 Å². The number of para-hydroxylation sites is 1. The van der Waals surface area contributed by atoms with Gasteiger partial charge in [0.2, 0.25) is 0 Å². The molecular weight excluding hydrogens is 462 g/mol. The number of amides is 1. The van der Waals surface area contributed by atoms with Crippen molar-refractivity contribution in [3.05, 3.63) is 72.6 Å². The van der Waals surface area contributed by atoms with Crippen molar-refractivity contribution in [2.75, 3.05) is 27.4 Å². The molecule has 0 unspecified atom stereocenters. The van der Waals surface area contributed by atoms with Gasteiger partial charge in [-0.25, -0.2) is 9.48 Å². The van der Waals surface area contributed by atoms with E-state index in [-0.39, 0.29) is 0 Å². The van der Waals surface area contributed by atoms with Gasteiger partial charge in [-0.05, 0) is 65.2 Å². The first-order valence-corrected chi connectivity index (χ1v) is 11.4. The molecule has 1 heterocycles. The van der Waals surface area contributed by atoms with Crippen molar-refractivity contribution in [2.24, 2.45) is 0 Å². The normalized spacial score (nSPS) is 10.5. The summed E-state index contributed by atoms with van der Waals surface area (Å²) in [4.78, 5) is 12.6. The van der Waals surface area contributed by atoms with Crippen molar-refractivity contribution >= 4 is 6.09 Å². The fourth-order valence-corrected chi connectivity index (χ4v) is 3.68. The largest absolute Gasteiger partial charge is 0.493 e. The number of methoxy groups -OCH3 is 2. The molecule has 0 atom stereocenters. The third-order valence-corrected chi connectivity index (χ3v) is 5.34. The van der Waals surface area contributed by atoms with Crippen LogP contribution in [0.25, 0.3) is 16.8 Å². The van der Waals surface area contributed by atoms with Crippen LogP contribution in [-0.2, 0) is 6.42 Å². The van der Waals surface area contributed by atoms with Gasteiger partial charge in [0.1, 0.15) is 17.8 Å². The van der Waals surface area contributed by atoms with Gasteiger partial charge < -0.3 is 24.3 Å². The molecule has 0 saturated heterocycles. The number of ether oxygens (including phenoxy) is 4. The highest BCUT2D eigenvalue weighted by atomic mass is 16.6. The minimum Gasteiger partial charge on any atom is -0.493 e. The predicted molar refractivity (Wildman–Crippen MR) is 133 cm³/mol. The Morgan fingerprint density at radius 3 is 2.56 bits per heavy atom. The zero-order valence-corrected chi connectivity index (χ0v) is 20.3. The topological polar surface area (TPSA) is 110 Å². The van der Waals surface area contributed by atoms with Gasteiger partial charge in [-0.3, -0.25) is 0 Å². The smallest absolute Gasteiger partial charge is 0.412 e. The molecule has 0 spiro atoms. The molecule has 0 radical (unpaired) electrons. The number of aromatic nitrogens is 4. The molecule has 3 aromatic carbocycles. The van der Waals surface area contributed by atoms with E-state index in [1.165, 1.54) is 11.0 Å². The number of nitrogens with one attached hydrogen (secondary N) is 1. The van der Waals surface area contributed by atoms with Crippen molar-refractivity contribution in [1.29, 1.82) is 0 Å². The Balaban J connectivity index is 1.50. The molecule has 0 aliphatic carbocycles. The maximum atomic E-state index is 12.6. The van der Waals surface area contributed by atoms with Gasteiger partial charge in [0.05, 0.1) is 26.5 Å². The van der Waals surface area contributed by atoms with Crippen molar-refractivity contribution < 1.29 is 23.7 Å². The molecule has 10 nitrogen and oxygen atoms in total. The lowest BCUT2D eigenvalue weighted by Gasteiger charge is -2.14. The summed E-state index contributed by atoms with van der Waals surface area (Å²) in [5, 5.41) is 14.1. The summed E-state index contributed by atoms with van der Waals surface area (Å²) in [6, 6.07) is 18.7. The highest BCUT2D eigenvalue weighted by Crippen LogP contribution is 2.34. The Morgan fingerprint density at radius 1 is 0.972 bits per heavy atom. The lowest BCUT2D eigenvalue weighted by Crippen LogP contribution is -2.28. The molecular formula is C26H27N5O5. The number of tetrazole rings is 1. The molecule has 0 bridgehead atoms. The summed E-state index contributed by atoms with van der Waals surface area (Å²) in [6.07, 6.45) is 1.49. The second-order valence-electron chi connectivity index (χ2n) is 7.65. The third-order valence-electron chi connectivity index (χ3n) is 5.34. The average molecular weight is 490 g/mol. The van der Waals surface area contributed by atoms with Crippen LogP contribution in [0.5, 0.6) is 23.0 Å². The van der Waals surface area contributed by atoms with Gasteiger partial charge in [0.25, 0.3) is 0 Å². The monoisotopic (exact) mass is 489 g/mol. The van der Waals surface area contributed by atoms with E-state index < -0.39 is 6.09 Å². The van der Waals surface area contributed by atoms with Crippen LogP contribution < -0.4 is 24.3 Å². The van der Waals surface area contributed by atoms with E-state index in [1.807, 2.05) is 55.5 Å². The van der Waals surface area contributed by atoms with Gasteiger partial charge >= 0.3 is 6.09 Å². The standard InChI is InChI=1S/C26H27N5O5/c1-4-35-23-8-6-5-7-22(23)19-14-20(31-17-28-29-30-31)16-21(15-19)36-26(32)27-12-11-18-9-10-24(33-2)25(13-18)34-3/h5-10,13-17H,4,11-12H2,1-3H3,(H,27,32). The summed E-state index contributed by atoms with van der Waals surface area (Å²) in [7, 11) is 3.17. The zero-order valence-electron chi connectivity index (χ0n) is 20.3. The second-order valence-corrected chi connectivity index (χ2v) is 7.65. The molecule has 4 aromatic rings. The van der Waals surface area contributed by atoms with Crippen LogP contribution in [0, 0.1) is 0 Å². The molecule has 0 fully saturated rings. The van der Waals surface area contributed by atoms with Gasteiger partial charge in [0.15, 0.2) is 11.5 Å². The Bertz CT molecular complexity index is 1310. The van der Waals surface area contributed by atoms with Gasteiger partial charge in [-0.15, -0.1) is 5.10 Å². The zero-order chi connectivity index (χ0) is 25.3. The molecule has 0 aliphatic heterocycles. The summed E-state index contributed by atoms with van der Waals surface area (Å²) < 4.78 is 23.5. The van der Waals surface area contributed by atoms with Gasteiger partial charge in [0, 0.05) is 18.2 Å². The van der Waals surface area contributed by atoms with Gasteiger partial charge in [-0.2, -0.15) is 0 Å². The Labute approximate surface area is 208 Å². The summed E-state index contributed by atoms with van der Waals surface area (Å²) in [5.74, 6) is 2.35. The quantitative estimate of drug-likeness (QED) is 0.355. The van der Waals surface area contributed by atoms with Crippen molar-refractivity contribution in [2.45, 2.75) is 13.3 Å². The highest BCUT2D eigenvalue weighted by Gasteiger charge is 2.13. The van der Waals surface area contributed by atoms with Crippen LogP contribution in [0.4, 0.5) is 4.79 Å². The van der Waals surface area contributed by atoms with E-state index in [0.29, 0.717) is 42.5 Å². The lowest BCUT2D eigenvalue weighted by atomic mass is 10.0. The Kier molecular flexibility index (Phi) is 7.97. The molecule has 1 aromatic heterocycles. The number of benzene rings is 3. The van der Waals surface area contributed by atoms with E-state index in [0.717, 1.165) is 22.4 Å². The lowest BCUT2D eigenvalue weighted by molar-refractivity contribution is 0.200. The van der Waals surface area contributed by atoms with Crippen LogP contribution in [0.1, 0.15) is 12.5 Å². The molecule has 10 heteroatoms. The van der Waals surface area contributed by atoms with Crippen LogP contribution in [-0.4, -0.2) is 53.7 Å². The first-order valence-electron chi connectivity index (χ1n) is 11.4. The predicted octanol–water partition coefficient (Wildman–Crippen LogP) is 4.08. The first kappa shape index (κ1) is 24.5. The van der Waals surface area contributed by atoms with Crippen LogP contribution >= 0.6 is 0 Å². The fourth-order valence-electron chi connectivity index (χ4n) is 3.68. The average Bonchev–Trinajstić information content (AvgIpc) is 3.44. The number of nitrogens with zero attached hydrogens (tertiary/aromatic N) is 4.